The number of nitrogens with two attached hydrogens (primary N) is 3. The Morgan fingerprint density at radius 2 is 1.89 bits per heavy atom. The first-order chi connectivity index (χ1) is 8.89. The van der Waals surface area contributed by atoms with Gasteiger partial charge in [0.15, 0.2) is 5.60 Å². The summed E-state index contributed by atoms with van der Waals surface area (Å²) in [6.07, 6.45) is 5.50. The molecular formula is C13H27N3O3. The molecule has 112 valence electrons. The second-order valence-corrected chi connectivity index (χ2v) is 5.78. The fourth-order valence-corrected chi connectivity index (χ4v) is 2.75. The van der Waals surface area contributed by atoms with E-state index < -0.39 is 23.7 Å². The lowest BCUT2D eigenvalue weighted by Crippen LogP contribution is -2.54. The number of hydrogen-bond acceptors (Lipinski definition) is 5. The largest absolute Gasteiger partial charge is 0.391 e. The highest BCUT2D eigenvalue weighted by atomic mass is 16.3. The van der Waals surface area contributed by atoms with Gasteiger partial charge in [-0.05, 0) is 12.3 Å². The van der Waals surface area contributed by atoms with E-state index in [-0.39, 0.29) is 13.0 Å². The molecule has 1 aliphatic carbocycles. The maximum atomic E-state index is 11.1. The van der Waals surface area contributed by atoms with Crippen molar-refractivity contribution in [2.24, 2.45) is 23.1 Å². The van der Waals surface area contributed by atoms with E-state index in [1.807, 2.05) is 0 Å². The number of amides is 1. The van der Waals surface area contributed by atoms with Gasteiger partial charge in [-0.15, -0.1) is 0 Å². The molecule has 0 bridgehead atoms. The molecule has 0 saturated heterocycles. The fraction of sp³-hybridized carbons (Fsp3) is 0.923. The van der Waals surface area contributed by atoms with Crippen LogP contribution in [-0.2, 0) is 4.79 Å². The maximum absolute atomic E-state index is 11.1. The Labute approximate surface area is 114 Å². The molecule has 1 rings (SSSR count). The third kappa shape index (κ3) is 4.72. The summed E-state index contributed by atoms with van der Waals surface area (Å²) >= 11 is 0. The summed E-state index contributed by atoms with van der Waals surface area (Å²) in [5.74, 6) is -0.392. The Kier molecular flexibility index (Phi) is 6.19. The lowest BCUT2D eigenvalue weighted by atomic mass is 9.82. The number of aliphatic hydroxyl groups excluding tert-OH is 1. The van der Waals surface area contributed by atoms with Gasteiger partial charge in [0, 0.05) is 19.0 Å². The molecule has 0 aromatic rings. The molecule has 0 spiro atoms. The lowest BCUT2D eigenvalue weighted by molar-refractivity contribution is -0.138. The number of carbonyl (C=O) groups is 1. The maximum Gasteiger partial charge on any atom is 0.250 e. The first kappa shape index (κ1) is 16.4. The highest BCUT2D eigenvalue weighted by molar-refractivity contribution is 5.83. The first-order valence-corrected chi connectivity index (χ1v) is 7.05. The molecule has 0 aliphatic heterocycles. The molecule has 3 unspecified atom stereocenters. The van der Waals surface area contributed by atoms with E-state index in [4.69, 9.17) is 17.2 Å². The normalized spacial score (nSPS) is 23.6. The number of hydrogen-bond donors (Lipinski definition) is 5. The average molecular weight is 273 g/mol. The Hall–Kier alpha value is -0.690. The highest BCUT2D eigenvalue weighted by Crippen LogP contribution is 2.28. The fourth-order valence-electron chi connectivity index (χ4n) is 2.75. The second-order valence-electron chi connectivity index (χ2n) is 5.78. The van der Waals surface area contributed by atoms with Crippen molar-refractivity contribution in [2.75, 3.05) is 6.54 Å². The molecule has 1 saturated carbocycles. The molecule has 0 radical (unpaired) electrons. The summed E-state index contributed by atoms with van der Waals surface area (Å²) in [6.45, 7) is -0.310. The van der Waals surface area contributed by atoms with Gasteiger partial charge in [-0.3, -0.25) is 4.79 Å². The summed E-state index contributed by atoms with van der Waals surface area (Å²) in [6, 6.07) is -0.458. The minimum Gasteiger partial charge on any atom is -0.391 e. The number of aliphatic hydroxyl groups is 2. The molecule has 6 heteroatoms. The smallest absolute Gasteiger partial charge is 0.250 e. The van der Waals surface area contributed by atoms with Gasteiger partial charge in [0.2, 0.25) is 0 Å². The quantitative estimate of drug-likeness (QED) is 0.414. The summed E-state index contributed by atoms with van der Waals surface area (Å²) in [4.78, 5) is 11.1. The molecule has 19 heavy (non-hydrogen) atoms. The van der Waals surface area contributed by atoms with Crippen LogP contribution in [0.5, 0.6) is 0 Å². The van der Waals surface area contributed by atoms with Crippen molar-refractivity contribution in [1.82, 2.24) is 0 Å². The summed E-state index contributed by atoms with van der Waals surface area (Å²) < 4.78 is 0. The minimum atomic E-state index is -1.87. The van der Waals surface area contributed by atoms with Crippen molar-refractivity contribution < 1.29 is 15.0 Å². The van der Waals surface area contributed by atoms with Crippen LogP contribution in [0.2, 0.25) is 0 Å². The Morgan fingerprint density at radius 1 is 1.32 bits per heavy atom. The van der Waals surface area contributed by atoms with Crippen LogP contribution >= 0.6 is 0 Å². The van der Waals surface area contributed by atoms with Gasteiger partial charge in [0.25, 0.3) is 5.91 Å². The van der Waals surface area contributed by atoms with Crippen molar-refractivity contribution in [3.63, 3.8) is 0 Å². The monoisotopic (exact) mass is 273 g/mol. The SMILES string of the molecule is NCC(O)(CC(O)C(N)CC1CCCCC1)C(N)=O. The van der Waals surface area contributed by atoms with Crippen LogP contribution in [0.4, 0.5) is 0 Å². The third-order valence-corrected chi connectivity index (χ3v) is 4.17. The highest BCUT2D eigenvalue weighted by Gasteiger charge is 2.36. The molecule has 1 fully saturated rings. The van der Waals surface area contributed by atoms with Crippen LogP contribution in [-0.4, -0.2) is 40.4 Å². The second kappa shape index (κ2) is 7.19. The van der Waals surface area contributed by atoms with E-state index in [1.165, 1.54) is 19.3 Å². The first-order valence-electron chi connectivity index (χ1n) is 7.05. The molecule has 0 heterocycles. The van der Waals surface area contributed by atoms with E-state index in [0.29, 0.717) is 12.3 Å². The van der Waals surface area contributed by atoms with Gasteiger partial charge in [-0.2, -0.15) is 0 Å². The van der Waals surface area contributed by atoms with Crippen molar-refractivity contribution >= 4 is 5.91 Å². The number of rotatable bonds is 7. The van der Waals surface area contributed by atoms with Crippen LogP contribution < -0.4 is 17.2 Å². The van der Waals surface area contributed by atoms with Crippen LogP contribution in [0.25, 0.3) is 0 Å². The summed E-state index contributed by atoms with van der Waals surface area (Å²) in [5.41, 5.74) is 14.5. The van der Waals surface area contributed by atoms with Gasteiger partial charge in [0.1, 0.15) is 0 Å². The molecule has 6 nitrogen and oxygen atoms in total. The van der Waals surface area contributed by atoms with E-state index in [9.17, 15) is 15.0 Å². The van der Waals surface area contributed by atoms with Crippen molar-refractivity contribution in [2.45, 2.75) is 62.7 Å². The molecule has 1 aliphatic rings. The molecule has 1 amide bonds. The van der Waals surface area contributed by atoms with Crippen LogP contribution in [0, 0.1) is 5.92 Å². The molecule has 0 aromatic carbocycles. The summed E-state index contributed by atoms with van der Waals surface area (Å²) in [7, 11) is 0. The predicted octanol–water partition coefficient (Wildman–Crippen LogP) is -0.790. The van der Waals surface area contributed by atoms with E-state index in [1.54, 1.807) is 0 Å². The minimum absolute atomic E-state index is 0.202. The van der Waals surface area contributed by atoms with Crippen molar-refractivity contribution in [3.05, 3.63) is 0 Å². The zero-order valence-electron chi connectivity index (χ0n) is 11.4. The molecule has 8 N–H and O–H groups in total. The van der Waals surface area contributed by atoms with Gasteiger partial charge in [-0.1, -0.05) is 32.1 Å². The van der Waals surface area contributed by atoms with E-state index >= 15 is 0 Å². The predicted molar refractivity (Wildman–Crippen MR) is 73.0 cm³/mol. The van der Waals surface area contributed by atoms with Gasteiger partial charge < -0.3 is 27.4 Å². The zero-order chi connectivity index (χ0) is 14.5. The van der Waals surface area contributed by atoms with Gasteiger partial charge in [-0.25, -0.2) is 0 Å². The van der Waals surface area contributed by atoms with E-state index in [0.717, 1.165) is 12.8 Å². The van der Waals surface area contributed by atoms with Gasteiger partial charge >= 0.3 is 0 Å². The van der Waals surface area contributed by atoms with Crippen LogP contribution in [0.15, 0.2) is 0 Å². The van der Waals surface area contributed by atoms with Crippen LogP contribution in [0.3, 0.4) is 0 Å². The topological polar surface area (TPSA) is 136 Å². The molecular weight excluding hydrogens is 246 g/mol. The lowest BCUT2D eigenvalue weighted by Gasteiger charge is -2.31. The zero-order valence-corrected chi connectivity index (χ0v) is 11.4. The third-order valence-electron chi connectivity index (χ3n) is 4.17. The van der Waals surface area contributed by atoms with Gasteiger partial charge in [0.05, 0.1) is 6.10 Å². The number of primary amides is 1. The Morgan fingerprint density at radius 3 is 2.37 bits per heavy atom. The average Bonchev–Trinajstić information content (AvgIpc) is 2.39. The van der Waals surface area contributed by atoms with Crippen molar-refractivity contribution in [3.8, 4) is 0 Å². The van der Waals surface area contributed by atoms with E-state index in [2.05, 4.69) is 0 Å². The standard InChI is InChI=1S/C13H27N3O3/c14-8-13(19,12(16)18)7-11(17)10(15)6-9-4-2-1-3-5-9/h9-11,17,19H,1-8,14-15H2,(H2,16,18). The Balaban J connectivity index is 2.46. The Bertz CT molecular complexity index is 295. The molecule has 3 atom stereocenters. The van der Waals surface area contributed by atoms with Crippen LogP contribution in [0.1, 0.15) is 44.9 Å². The van der Waals surface area contributed by atoms with Crippen molar-refractivity contribution in [1.29, 1.82) is 0 Å². The number of carbonyl (C=O) groups excluding carboxylic acids is 1. The summed E-state index contributed by atoms with van der Waals surface area (Å²) in [5, 5.41) is 19.9. The molecule has 0 aromatic heterocycles.